The Morgan fingerprint density at radius 1 is 0.875 bits per heavy atom. The summed E-state index contributed by atoms with van der Waals surface area (Å²) in [5, 5.41) is 22.5. The molecule has 3 atom stereocenters. The zero-order chi connectivity index (χ0) is 29.1. The summed E-state index contributed by atoms with van der Waals surface area (Å²) >= 11 is 0. The molecule has 0 fully saturated rings. The minimum absolute atomic E-state index is 0.112. The average Bonchev–Trinajstić information content (AvgIpc) is 2.91. The summed E-state index contributed by atoms with van der Waals surface area (Å²) in [6.07, 6.45) is -0.186. The summed E-state index contributed by atoms with van der Waals surface area (Å²) in [5.74, 6) is -4.14. The highest BCUT2D eigenvalue weighted by Gasteiger charge is 2.29. The van der Waals surface area contributed by atoms with Crippen molar-refractivity contribution in [3.63, 3.8) is 0 Å². The minimum Gasteiger partial charge on any atom is -0.481 e. The Morgan fingerprint density at radius 3 is 2.30 bits per heavy atom. The summed E-state index contributed by atoms with van der Waals surface area (Å²) < 4.78 is 0. The van der Waals surface area contributed by atoms with Gasteiger partial charge in [0.25, 0.3) is 0 Å². The number of hydrogen-bond acceptors (Lipinski definition) is 7. The molecule has 1 heterocycles. The number of fused-ring (bicyclic) bond motifs is 2. The van der Waals surface area contributed by atoms with E-state index < -0.39 is 60.7 Å². The van der Waals surface area contributed by atoms with Crippen LogP contribution in [0.3, 0.4) is 0 Å². The monoisotopic (exact) mass is 552 g/mol. The van der Waals surface area contributed by atoms with E-state index in [0.29, 0.717) is 23.4 Å². The molecule has 2 aromatic carbocycles. The van der Waals surface area contributed by atoms with Gasteiger partial charge in [0.2, 0.25) is 23.6 Å². The summed E-state index contributed by atoms with van der Waals surface area (Å²) in [6.45, 7) is -0.347. The second-order valence-corrected chi connectivity index (χ2v) is 9.00. The Bertz CT molecular complexity index is 1260. The summed E-state index contributed by atoms with van der Waals surface area (Å²) in [5.41, 5.74) is 12.1. The summed E-state index contributed by atoms with van der Waals surface area (Å²) in [4.78, 5) is 67.2. The number of nitrogens with one attached hydrogen (secondary N) is 5. The van der Waals surface area contributed by atoms with Crippen LogP contribution >= 0.6 is 0 Å². The molecule has 0 saturated heterocycles. The van der Waals surface area contributed by atoms with Crippen LogP contribution in [0, 0.1) is 0 Å². The number of benzene rings is 2. The number of hydrogen-bond donors (Lipinski definition) is 8. The summed E-state index contributed by atoms with van der Waals surface area (Å²) in [6, 6.07) is 11.9. The standard InChI is InChI=1S/C26H32N8O6/c27-26(28)29-11-5-10-18-23(38)30-14-20(35)33-19(13-21(36)37)24(39)32-17-9-4-8-16(12-17)31-22(25(40)34-18)15-6-2-1-3-7-15/h1-4,6-9,12,18-19,22,31H,5,10-11,13-14H2,(H,30,38)(H,32,39)(H,33,35)(H,34,40)(H,36,37)(H4,27,28,29)/t18?,19?,22-/m0/s1. The largest absolute Gasteiger partial charge is 0.481 e. The Hall–Kier alpha value is -5.14. The van der Waals surface area contributed by atoms with Gasteiger partial charge in [-0.2, -0.15) is 0 Å². The van der Waals surface area contributed by atoms with Gasteiger partial charge in [-0.3, -0.25) is 29.0 Å². The quantitative estimate of drug-likeness (QED) is 0.124. The van der Waals surface area contributed by atoms with Crippen LogP contribution in [0.15, 0.2) is 59.6 Å². The molecule has 2 unspecified atom stereocenters. The first-order valence-corrected chi connectivity index (χ1v) is 12.5. The van der Waals surface area contributed by atoms with Gasteiger partial charge in [-0.15, -0.1) is 0 Å². The molecule has 0 radical (unpaired) electrons. The molecule has 0 aliphatic carbocycles. The molecule has 0 aromatic heterocycles. The molecule has 14 nitrogen and oxygen atoms in total. The lowest BCUT2D eigenvalue weighted by molar-refractivity contribution is -0.140. The van der Waals surface area contributed by atoms with E-state index in [1.807, 2.05) is 0 Å². The predicted octanol–water partition coefficient (Wildman–Crippen LogP) is -0.594. The number of carboxylic acids is 1. The van der Waals surface area contributed by atoms with E-state index in [9.17, 15) is 29.1 Å². The number of nitrogens with two attached hydrogens (primary N) is 2. The lowest BCUT2D eigenvalue weighted by atomic mass is 10.0. The molecule has 40 heavy (non-hydrogen) atoms. The van der Waals surface area contributed by atoms with E-state index in [1.165, 1.54) is 0 Å². The minimum atomic E-state index is -1.40. The van der Waals surface area contributed by atoms with Crippen molar-refractivity contribution >= 4 is 46.9 Å². The average molecular weight is 553 g/mol. The number of guanidine groups is 1. The molecular weight excluding hydrogens is 520 g/mol. The number of aliphatic imine (C=N–C) groups is 1. The zero-order valence-corrected chi connectivity index (χ0v) is 21.6. The molecule has 2 aromatic rings. The number of carboxylic acid groups (broad SMARTS) is 1. The van der Waals surface area contributed by atoms with Crippen LogP contribution in [-0.2, 0) is 24.0 Å². The van der Waals surface area contributed by atoms with Gasteiger partial charge in [0.15, 0.2) is 5.96 Å². The van der Waals surface area contributed by atoms with Gasteiger partial charge in [-0.05, 0) is 36.6 Å². The Kier molecular flexibility index (Phi) is 10.4. The number of rotatable bonds is 7. The van der Waals surface area contributed by atoms with Crippen LogP contribution < -0.4 is 38.1 Å². The van der Waals surface area contributed by atoms with Crippen LogP contribution in [-0.4, -0.2) is 65.8 Å². The zero-order valence-electron chi connectivity index (χ0n) is 21.6. The number of anilines is 2. The Balaban J connectivity index is 1.97. The topological polar surface area (TPSA) is 230 Å². The molecule has 1 aliphatic rings. The molecule has 10 N–H and O–H groups in total. The van der Waals surface area contributed by atoms with Crippen molar-refractivity contribution in [3.8, 4) is 0 Å². The van der Waals surface area contributed by atoms with Crippen molar-refractivity contribution in [2.24, 2.45) is 16.5 Å². The highest BCUT2D eigenvalue weighted by molar-refractivity contribution is 6.00. The first kappa shape index (κ1) is 29.4. The third kappa shape index (κ3) is 9.01. The first-order chi connectivity index (χ1) is 19.1. The van der Waals surface area contributed by atoms with E-state index in [1.54, 1.807) is 54.6 Å². The Morgan fingerprint density at radius 2 is 1.60 bits per heavy atom. The number of aliphatic carboxylic acids is 1. The van der Waals surface area contributed by atoms with Crippen molar-refractivity contribution in [3.05, 3.63) is 60.2 Å². The number of carbonyl (C=O) groups is 5. The van der Waals surface area contributed by atoms with Crippen LogP contribution in [0.4, 0.5) is 11.4 Å². The van der Waals surface area contributed by atoms with Crippen LogP contribution in [0.1, 0.15) is 30.9 Å². The summed E-state index contributed by atoms with van der Waals surface area (Å²) in [7, 11) is 0. The number of nitrogens with zero attached hydrogens (tertiary/aromatic N) is 1. The molecule has 2 bridgehead atoms. The fraction of sp³-hybridized carbons (Fsp3) is 0.308. The van der Waals surface area contributed by atoms with E-state index in [2.05, 4.69) is 31.6 Å². The van der Waals surface area contributed by atoms with Gasteiger partial charge in [0.1, 0.15) is 18.1 Å². The lowest BCUT2D eigenvalue weighted by Gasteiger charge is -2.25. The van der Waals surface area contributed by atoms with Crippen LogP contribution in [0.2, 0.25) is 0 Å². The van der Waals surface area contributed by atoms with E-state index in [0.717, 1.165) is 0 Å². The number of amides is 4. The van der Waals surface area contributed by atoms with Crippen molar-refractivity contribution in [2.45, 2.75) is 37.4 Å². The van der Waals surface area contributed by atoms with E-state index in [4.69, 9.17) is 11.5 Å². The van der Waals surface area contributed by atoms with Gasteiger partial charge >= 0.3 is 5.97 Å². The second-order valence-electron chi connectivity index (χ2n) is 9.00. The molecule has 0 saturated carbocycles. The highest BCUT2D eigenvalue weighted by atomic mass is 16.4. The molecule has 4 amide bonds. The third-order valence-electron chi connectivity index (χ3n) is 5.87. The van der Waals surface area contributed by atoms with Gasteiger partial charge in [0.05, 0.1) is 13.0 Å². The van der Waals surface area contributed by atoms with Crippen molar-refractivity contribution < 1.29 is 29.1 Å². The van der Waals surface area contributed by atoms with Gasteiger partial charge in [-0.1, -0.05) is 36.4 Å². The maximum atomic E-state index is 13.5. The fourth-order valence-electron chi connectivity index (χ4n) is 3.98. The maximum Gasteiger partial charge on any atom is 0.305 e. The molecular formula is C26H32N8O6. The first-order valence-electron chi connectivity index (χ1n) is 12.5. The van der Waals surface area contributed by atoms with E-state index >= 15 is 0 Å². The van der Waals surface area contributed by atoms with Gasteiger partial charge in [-0.25, -0.2) is 0 Å². The fourth-order valence-corrected chi connectivity index (χ4v) is 3.98. The maximum absolute atomic E-state index is 13.5. The van der Waals surface area contributed by atoms with Gasteiger partial charge < -0.3 is 43.2 Å². The Labute approximate surface area is 230 Å². The lowest BCUT2D eigenvalue weighted by Crippen LogP contribution is -2.52. The second kappa shape index (κ2) is 14.1. The molecule has 3 rings (SSSR count). The van der Waals surface area contributed by atoms with Gasteiger partial charge in [0, 0.05) is 17.9 Å². The SMILES string of the molecule is NC(N)=NCCCC1NC(=O)[C@H](c2ccccc2)Nc2cccc(c2)NC(=O)C(CC(=O)O)NC(=O)CNC1=O. The third-order valence-corrected chi connectivity index (χ3v) is 5.87. The molecule has 212 valence electrons. The normalized spacial score (nSPS) is 20.1. The highest BCUT2D eigenvalue weighted by Crippen LogP contribution is 2.23. The van der Waals surface area contributed by atoms with Crippen molar-refractivity contribution in [2.75, 3.05) is 23.7 Å². The predicted molar refractivity (Wildman–Crippen MR) is 147 cm³/mol. The van der Waals surface area contributed by atoms with E-state index in [-0.39, 0.29) is 18.9 Å². The number of carbonyl (C=O) groups excluding carboxylic acids is 4. The molecule has 0 spiro atoms. The van der Waals surface area contributed by atoms with Crippen molar-refractivity contribution in [1.29, 1.82) is 0 Å². The molecule has 14 heteroatoms. The molecule has 1 aliphatic heterocycles. The van der Waals surface area contributed by atoms with Crippen LogP contribution in [0.5, 0.6) is 0 Å². The van der Waals surface area contributed by atoms with Crippen molar-refractivity contribution in [1.82, 2.24) is 16.0 Å². The van der Waals surface area contributed by atoms with Crippen LogP contribution in [0.25, 0.3) is 0 Å². The smallest absolute Gasteiger partial charge is 0.305 e.